The highest BCUT2D eigenvalue weighted by Crippen LogP contribution is 2.36. The Bertz CT molecular complexity index is 2080. The lowest BCUT2D eigenvalue weighted by Gasteiger charge is -2.25. The third-order valence-electron chi connectivity index (χ3n) is 8.50. The molecule has 0 bridgehead atoms. The van der Waals surface area contributed by atoms with Crippen LogP contribution in [0.5, 0.6) is 5.75 Å². The number of aromatic nitrogens is 1. The van der Waals surface area contributed by atoms with Gasteiger partial charge in [-0.3, -0.25) is 14.2 Å². The number of benzene rings is 2. The van der Waals surface area contributed by atoms with Crippen LogP contribution in [0.1, 0.15) is 73.7 Å². The van der Waals surface area contributed by atoms with Crippen molar-refractivity contribution in [2.24, 2.45) is 4.99 Å². The summed E-state index contributed by atoms with van der Waals surface area (Å²) < 4.78 is 22.9. The quantitative estimate of drug-likeness (QED) is 0.110. The van der Waals surface area contributed by atoms with E-state index in [-0.39, 0.29) is 40.7 Å². The van der Waals surface area contributed by atoms with Crippen molar-refractivity contribution >= 4 is 40.4 Å². The molecule has 2 aromatic carbocycles. The molecule has 4 aromatic rings. The van der Waals surface area contributed by atoms with E-state index in [2.05, 4.69) is 11.9 Å². The molecule has 0 unspecified atom stereocenters. The second kappa shape index (κ2) is 15.0. The highest BCUT2D eigenvalue weighted by molar-refractivity contribution is 7.07. The Morgan fingerprint density at radius 1 is 0.939 bits per heavy atom. The number of para-hydroxylation sites is 1. The van der Waals surface area contributed by atoms with E-state index < -0.39 is 23.5 Å². The number of amides is 1. The third-order valence-corrected chi connectivity index (χ3v) is 9.56. The van der Waals surface area contributed by atoms with E-state index in [1.807, 2.05) is 24.3 Å². The number of anilines is 1. The Morgan fingerprint density at radius 2 is 1.71 bits per heavy atom. The number of esters is 2. The van der Waals surface area contributed by atoms with E-state index in [1.165, 1.54) is 24.0 Å². The fourth-order valence-corrected chi connectivity index (χ4v) is 7.25. The van der Waals surface area contributed by atoms with Crippen molar-refractivity contribution in [2.45, 2.75) is 52.0 Å². The Kier molecular flexibility index (Phi) is 10.4. The lowest BCUT2D eigenvalue weighted by atomic mass is 9.96. The van der Waals surface area contributed by atoms with Crippen molar-refractivity contribution in [3.63, 3.8) is 0 Å². The monoisotopic (exact) mass is 683 g/mol. The largest absolute Gasteiger partial charge is 0.460 e. The van der Waals surface area contributed by atoms with Gasteiger partial charge in [0.1, 0.15) is 16.9 Å². The minimum absolute atomic E-state index is 0.00857. The van der Waals surface area contributed by atoms with E-state index in [1.54, 1.807) is 42.2 Å². The number of thiazole rings is 1. The molecular weight excluding hydrogens is 646 g/mol. The van der Waals surface area contributed by atoms with E-state index in [0.717, 1.165) is 49.1 Å². The second-order valence-electron chi connectivity index (χ2n) is 11.7. The molecule has 1 amide bonds. The van der Waals surface area contributed by atoms with Gasteiger partial charge in [-0.1, -0.05) is 74.3 Å². The van der Waals surface area contributed by atoms with Crippen LogP contribution in [-0.4, -0.2) is 49.3 Å². The number of allylic oxidation sites excluding steroid dienone is 1. The van der Waals surface area contributed by atoms with Crippen LogP contribution in [0, 0.1) is 0 Å². The number of methoxy groups -OCH3 is 1. The molecule has 0 aliphatic carbocycles. The van der Waals surface area contributed by atoms with Crippen LogP contribution >= 0.6 is 11.3 Å². The van der Waals surface area contributed by atoms with E-state index in [9.17, 15) is 19.2 Å². The molecule has 11 nitrogen and oxygen atoms in total. The number of carbonyl (C=O) groups is 3. The molecule has 4 heterocycles. The molecule has 0 saturated carbocycles. The van der Waals surface area contributed by atoms with Crippen LogP contribution in [0.2, 0.25) is 0 Å². The van der Waals surface area contributed by atoms with Gasteiger partial charge in [-0.2, -0.15) is 0 Å². The van der Waals surface area contributed by atoms with E-state index in [4.69, 9.17) is 18.6 Å². The lowest BCUT2D eigenvalue weighted by Crippen LogP contribution is -2.41. The van der Waals surface area contributed by atoms with E-state index in [0.29, 0.717) is 33.7 Å². The summed E-state index contributed by atoms with van der Waals surface area (Å²) in [6, 6.07) is 16.2. The number of ether oxygens (including phenoxy) is 3. The molecule has 2 aliphatic heterocycles. The number of hydrogen-bond donors (Lipinski definition) is 0. The molecule has 0 spiro atoms. The number of rotatable bonds is 13. The first-order chi connectivity index (χ1) is 23.8. The molecule has 2 aliphatic rings. The van der Waals surface area contributed by atoms with Crippen LogP contribution in [-0.2, 0) is 19.1 Å². The van der Waals surface area contributed by atoms with Crippen LogP contribution < -0.4 is 24.5 Å². The zero-order chi connectivity index (χ0) is 34.5. The highest BCUT2D eigenvalue weighted by atomic mass is 32.1. The maximum absolute atomic E-state index is 14.5. The smallest absolute Gasteiger partial charge is 0.379 e. The van der Waals surface area contributed by atoms with Gasteiger partial charge in [-0.15, -0.1) is 0 Å². The van der Waals surface area contributed by atoms with Gasteiger partial charge in [0.2, 0.25) is 5.76 Å². The van der Waals surface area contributed by atoms with Gasteiger partial charge < -0.3 is 23.5 Å². The van der Waals surface area contributed by atoms with Crippen LogP contribution in [0.4, 0.5) is 5.69 Å². The molecule has 0 N–H and O–H groups in total. The predicted molar refractivity (Wildman–Crippen MR) is 183 cm³/mol. The number of nitrogens with zero attached hydrogens (tertiary/aromatic N) is 3. The fourth-order valence-electron chi connectivity index (χ4n) is 6.11. The first kappa shape index (κ1) is 33.8. The van der Waals surface area contributed by atoms with Gasteiger partial charge >= 0.3 is 11.9 Å². The van der Waals surface area contributed by atoms with Crippen molar-refractivity contribution in [1.82, 2.24) is 4.57 Å². The van der Waals surface area contributed by atoms with Gasteiger partial charge in [0.15, 0.2) is 4.80 Å². The SMILES string of the molecule is CCCCCCCN1C(=O)/C(=c2\sc3n(c2=O)[C@@H](c2ccc(OC(=O)c4ccco4)cc2)C(C(=O)OCCOC)=C(C)N=3)c2ccccc21. The third kappa shape index (κ3) is 6.79. The topological polar surface area (TPSA) is 130 Å². The average Bonchev–Trinajstić information content (AvgIpc) is 3.82. The van der Waals surface area contributed by atoms with Gasteiger partial charge in [0.05, 0.1) is 41.4 Å². The first-order valence-corrected chi connectivity index (χ1v) is 17.1. The highest BCUT2D eigenvalue weighted by Gasteiger charge is 2.37. The number of unbranched alkanes of at least 4 members (excludes halogenated alkanes) is 4. The molecule has 1 atom stereocenters. The van der Waals surface area contributed by atoms with Crippen molar-refractivity contribution < 1.29 is 33.0 Å². The molecular formula is C37H37N3O8S. The Hall–Kier alpha value is -5.07. The molecule has 49 heavy (non-hydrogen) atoms. The Labute approximate surface area is 286 Å². The summed E-state index contributed by atoms with van der Waals surface area (Å²) in [4.78, 5) is 61.4. The normalized spacial score (nSPS) is 16.3. The van der Waals surface area contributed by atoms with Crippen molar-refractivity contribution in [1.29, 1.82) is 0 Å². The van der Waals surface area contributed by atoms with Crippen molar-refractivity contribution in [3.05, 3.63) is 115 Å². The summed E-state index contributed by atoms with van der Waals surface area (Å²) in [7, 11) is 1.50. The van der Waals surface area contributed by atoms with E-state index >= 15 is 0 Å². The summed E-state index contributed by atoms with van der Waals surface area (Å²) >= 11 is 1.12. The zero-order valence-electron chi connectivity index (χ0n) is 27.6. The maximum Gasteiger partial charge on any atom is 0.379 e. The van der Waals surface area contributed by atoms with Gasteiger partial charge in [0, 0.05) is 19.2 Å². The predicted octanol–water partition coefficient (Wildman–Crippen LogP) is 4.92. The zero-order valence-corrected chi connectivity index (χ0v) is 28.4. The van der Waals surface area contributed by atoms with Crippen LogP contribution in [0.15, 0.2) is 92.4 Å². The Balaban J connectivity index is 1.43. The summed E-state index contributed by atoms with van der Waals surface area (Å²) in [6.45, 7) is 4.61. The average molecular weight is 684 g/mol. The van der Waals surface area contributed by atoms with Gasteiger partial charge in [-0.05, 0) is 49.2 Å². The molecule has 0 radical (unpaired) electrons. The number of hydrogen-bond acceptors (Lipinski definition) is 10. The molecule has 12 heteroatoms. The summed E-state index contributed by atoms with van der Waals surface area (Å²) in [5, 5.41) is 0. The number of carbonyl (C=O) groups excluding carboxylic acids is 3. The molecule has 2 aromatic heterocycles. The maximum atomic E-state index is 14.5. The minimum Gasteiger partial charge on any atom is -0.460 e. The molecule has 0 fully saturated rings. The van der Waals surface area contributed by atoms with Gasteiger partial charge in [0.25, 0.3) is 11.5 Å². The lowest BCUT2D eigenvalue weighted by molar-refractivity contribution is -0.140. The second-order valence-corrected chi connectivity index (χ2v) is 12.7. The summed E-state index contributed by atoms with van der Waals surface area (Å²) in [5.74, 6) is -1.24. The molecule has 254 valence electrons. The standard InChI is InChI=1S/C37H37N3O8S/c1-4-5-6-7-10-19-39-27-13-9-8-12-26(27)30(33(39)41)32-34(42)40-31(29(23(2)38-37(40)49-32)36(44)47-22-21-45-3)24-15-17-25(18-16-24)48-35(43)28-14-11-20-46-28/h8-9,11-18,20,31H,4-7,10,19,21-22H2,1-3H3/b32-30-/t31-/m0/s1. The minimum atomic E-state index is -0.933. The van der Waals surface area contributed by atoms with Gasteiger partial charge in [-0.25, -0.2) is 14.6 Å². The van der Waals surface area contributed by atoms with Crippen molar-refractivity contribution in [3.8, 4) is 5.75 Å². The van der Waals surface area contributed by atoms with Crippen molar-refractivity contribution in [2.75, 3.05) is 31.8 Å². The summed E-state index contributed by atoms with van der Waals surface area (Å²) in [5.41, 5.74) is 2.46. The summed E-state index contributed by atoms with van der Waals surface area (Å²) in [6.07, 6.45) is 6.64. The molecule has 0 saturated heterocycles. The first-order valence-electron chi connectivity index (χ1n) is 16.3. The van der Waals surface area contributed by atoms with Crippen LogP contribution in [0.3, 0.4) is 0 Å². The number of fused-ring (bicyclic) bond motifs is 2. The molecule has 6 rings (SSSR count). The number of furan rings is 1. The fraction of sp³-hybridized carbons (Fsp3) is 0.324. The Morgan fingerprint density at radius 3 is 2.45 bits per heavy atom. The van der Waals surface area contributed by atoms with Crippen LogP contribution in [0.25, 0.3) is 5.57 Å².